The van der Waals surface area contributed by atoms with Gasteiger partial charge in [0.25, 0.3) is 5.89 Å². The maximum Gasteiger partial charge on any atom is 0.411 e. The van der Waals surface area contributed by atoms with Gasteiger partial charge in [-0.3, -0.25) is 0 Å². The second kappa shape index (κ2) is 6.06. The van der Waals surface area contributed by atoms with Crippen molar-refractivity contribution in [3.63, 3.8) is 0 Å². The molecule has 2 heterocycles. The third kappa shape index (κ3) is 4.73. The van der Waals surface area contributed by atoms with E-state index in [-0.39, 0.29) is 25.2 Å². The van der Waals surface area contributed by atoms with Crippen molar-refractivity contribution in [2.75, 3.05) is 26.3 Å². The van der Waals surface area contributed by atoms with E-state index >= 15 is 0 Å². The van der Waals surface area contributed by atoms with E-state index in [0.29, 0.717) is 11.7 Å². The molecule has 1 aliphatic rings. The predicted molar refractivity (Wildman–Crippen MR) is 60.9 cm³/mol. The van der Waals surface area contributed by atoms with Gasteiger partial charge in [-0.1, -0.05) is 5.16 Å². The van der Waals surface area contributed by atoms with Gasteiger partial charge in [-0.2, -0.15) is 18.2 Å². The monoisotopic (exact) mass is 295 g/mol. The van der Waals surface area contributed by atoms with Gasteiger partial charge in [0, 0.05) is 19.5 Å². The van der Waals surface area contributed by atoms with Gasteiger partial charge in [0.05, 0.1) is 12.2 Å². The van der Waals surface area contributed by atoms with Crippen LogP contribution in [0.5, 0.6) is 0 Å². The van der Waals surface area contributed by atoms with Crippen LogP contribution < -0.4 is 5.32 Å². The molecule has 1 aromatic heterocycles. The molecule has 0 atom stereocenters. The SMILES string of the molecule is CC1(OCc2nc(CCOCC(F)(F)F)no2)CNC1. The fraction of sp³-hybridized carbons (Fsp3) is 0.818. The van der Waals surface area contributed by atoms with Crippen LogP contribution in [0.1, 0.15) is 18.6 Å². The number of nitrogens with zero attached hydrogens (tertiary/aromatic N) is 2. The van der Waals surface area contributed by atoms with Crippen molar-refractivity contribution in [1.29, 1.82) is 0 Å². The van der Waals surface area contributed by atoms with Crippen LogP contribution in [-0.2, 0) is 22.5 Å². The molecule has 1 saturated heterocycles. The average Bonchev–Trinajstić information content (AvgIpc) is 2.76. The van der Waals surface area contributed by atoms with E-state index in [1.807, 2.05) is 6.92 Å². The summed E-state index contributed by atoms with van der Waals surface area (Å²) in [6.07, 6.45) is -4.15. The molecule has 0 saturated carbocycles. The summed E-state index contributed by atoms with van der Waals surface area (Å²) in [5.74, 6) is 0.617. The van der Waals surface area contributed by atoms with Gasteiger partial charge in [0.1, 0.15) is 13.2 Å². The van der Waals surface area contributed by atoms with Crippen molar-refractivity contribution < 1.29 is 27.2 Å². The molecule has 0 bridgehead atoms. The summed E-state index contributed by atoms with van der Waals surface area (Å²) in [6, 6.07) is 0. The van der Waals surface area contributed by atoms with Crippen LogP contribution in [0.4, 0.5) is 13.2 Å². The number of alkyl halides is 3. The Morgan fingerprint density at radius 3 is 2.75 bits per heavy atom. The molecule has 0 aliphatic carbocycles. The third-order valence-corrected chi connectivity index (χ3v) is 2.79. The van der Waals surface area contributed by atoms with Crippen molar-refractivity contribution >= 4 is 0 Å². The summed E-state index contributed by atoms with van der Waals surface area (Å²) in [6.45, 7) is 2.30. The molecule has 6 nitrogen and oxygen atoms in total. The van der Waals surface area contributed by atoms with Crippen molar-refractivity contribution in [2.24, 2.45) is 0 Å². The quantitative estimate of drug-likeness (QED) is 0.759. The number of halogens is 3. The second-order valence-corrected chi connectivity index (χ2v) is 4.86. The first-order valence-electron chi connectivity index (χ1n) is 6.17. The van der Waals surface area contributed by atoms with E-state index in [0.717, 1.165) is 13.1 Å². The van der Waals surface area contributed by atoms with Gasteiger partial charge in [0.2, 0.25) is 0 Å². The van der Waals surface area contributed by atoms with Crippen molar-refractivity contribution in [3.05, 3.63) is 11.7 Å². The van der Waals surface area contributed by atoms with E-state index in [1.165, 1.54) is 0 Å². The molecule has 0 spiro atoms. The van der Waals surface area contributed by atoms with Crippen LogP contribution >= 0.6 is 0 Å². The molecule has 0 aromatic carbocycles. The largest absolute Gasteiger partial charge is 0.411 e. The Kier molecular flexibility index (Phi) is 4.61. The molecule has 1 aromatic rings. The van der Waals surface area contributed by atoms with Crippen LogP contribution in [0.15, 0.2) is 4.52 Å². The highest BCUT2D eigenvalue weighted by Gasteiger charge is 2.33. The molecule has 0 unspecified atom stereocenters. The van der Waals surface area contributed by atoms with Crippen LogP contribution in [0.3, 0.4) is 0 Å². The summed E-state index contributed by atoms with van der Waals surface area (Å²) in [7, 11) is 0. The summed E-state index contributed by atoms with van der Waals surface area (Å²) in [5, 5.41) is 6.74. The Bertz CT molecular complexity index is 432. The minimum Gasteiger partial charge on any atom is -0.372 e. The maximum atomic E-state index is 11.8. The second-order valence-electron chi connectivity index (χ2n) is 4.86. The minimum absolute atomic E-state index is 0.110. The molecule has 0 amide bonds. The van der Waals surface area contributed by atoms with Crippen molar-refractivity contribution in [1.82, 2.24) is 15.5 Å². The number of ether oxygens (including phenoxy) is 2. The normalized spacial score (nSPS) is 18.0. The molecule has 20 heavy (non-hydrogen) atoms. The Balaban J connectivity index is 1.67. The number of nitrogens with one attached hydrogen (secondary N) is 1. The van der Waals surface area contributed by atoms with Crippen LogP contribution in [-0.4, -0.2) is 48.2 Å². The number of aromatic nitrogens is 2. The zero-order valence-electron chi connectivity index (χ0n) is 11.0. The molecule has 114 valence electrons. The molecular formula is C11H16F3N3O3. The third-order valence-electron chi connectivity index (χ3n) is 2.79. The lowest BCUT2D eigenvalue weighted by Crippen LogP contribution is -2.58. The first kappa shape index (κ1) is 15.2. The number of hydrogen-bond donors (Lipinski definition) is 1. The van der Waals surface area contributed by atoms with Crippen LogP contribution in [0.2, 0.25) is 0 Å². The van der Waals surface area contributed by atoms with Gasteiger partial charge in [-0.25, -0.2) is 0 Å². The maximum absolute atomic E-state index is 11.8. The Labute approximate surface area is 113 Å². The standard InChI is InChI=1S/C11H16F3N3O3/c1-10(5-15-6-10)19-4-9-16-8(17-20-9)2-3-18-7-11(12,13)14/h15H,2-7H2,1H3. The smallest absolute Gasteiger partial charge is 0.372 e. The van der Waals surface area contributed by atoms with E-state index < -0.39 is 12.8 Å². The lowest BCUT2D eigenvalue weighted by molar-refractivity contribution is -0.173. The number of rotatable bonds is 7. The molecule has 1 fully saturated rings. The Hall–Kier alpha value is -1.19. The summed E-state index contributed by atoms with van der Waals surface area (Å²) < 4.78 is 50.5. The lowest BCUT2D eigenvalue weighted by Gasteiger charge is -2.38. The zero-order chi connectivity index (χ0) is 14.6. The predicted octanol–water partition coefficient (Wildman–Crippen LogP) is 1.07. The van der Waals surface area contributed by atoms with E-state index in [4.69, 9.17) is 9.26 Å². The molecule has 0 radical (unpaired) electrons. The Morgan fingerprint density at radius 1 is 1.40 bits per heavy atom. The first-order valence-corrected chi connectivity index (χ1v) is 6.17. The highest BCUT2D eigenvalue weighted by molar-refractivity contribution is 4.91. The topological polar surface area (TPSA) is 69.4 Å². The lowest BCUT2D eigenvalue weighted by atomic mass is 10.0. The van der Waals surface area contributed by atoms with Gasteiger partial charge in [0.15, 0.2) is 5.82 Å². The number of hydrogen-bond acceptors (Lipinski definition) is 6. The molecular weight excluding hydrogens is 279 g/mol. The van der Waals surface area contributed by atoms with Gasteiger partial charge < -0.3 is 19.3 Å². The molecule has 9 heteroatoms. The molecule has 1 N–H and O–H groups in total. The summed E-state index contributed by atoms with van der Waals surface area (Å²) >= 11 is 0. The van der Waals surface area contributed by atoms with Crippen molar-refractivity contribution in [3.8, 4) is 0 Å². The molecule has 1 aliphatic heterocycles. The van der Waals surface area contributed by atoms with Gasteiger partial charge >= 0.3 is 6.18 Å². The first-order chi connectivity index (χ1) is 9.36. The van der Waals surface area contributed by atoms with E-state index in [1.54, 1.807) is 0 Å². The van der Waals surface area contributed by atoms with Crippen molar-refractivity contribution in [2.45, 2.75) is 31.7 Å². The average molecular weight is 295 g/mol. The van der Waals surface area contributed by atoms with Gasteiger partial charge in [-0.05, 0) is 6.92 Å². The van der Waals surface area contributed by atoms with E-state index in [2.05, 4.69) is 20.2 Å². The fourth-order valence-corrected chi connectivity index (χ4v) is 1.62. The Morgan fingerprint density at radius 2 is 2.15 bits per heavy atom. The highest BCUT2D eigenvalue weighted by Crippen LogP contribution is 2.17. The van der Waals surface area contributed by atoms with Crippen LogP contribution in [0.25, 0.3) is 0 Å². The van der Waals surface area contributed by atoms with Crippen LogP contribution in [0, 0.1) is 0 Å². The highest BCUT2D eigenvalue weighted by atomic mass is 19.4. The summed E-state index contributed by atoms with van der Waals surface area (Å²) in [5.41, 5.74) is -0.218. The zero-order valence-corrected chi connectivity index (χ0v) is 11.0. The summed E-state index contributed by atoms with van der Waals surface area (Å²) in [4.78, 5) is 4.02. The fourth-order valence-electron chi connectivity index (χ4n) is 1.62. The van der Waals surface area contributed by atoms with Gasteiger partial charge in [-0.15, -0.1) is 0 Å². The molecule has 2 rings (SSSR count). The van der Waals surface area contributed by atoms with E-state index in [9.17, 15) is 13.2 Å². The minimum atomic E-state index is -4.32.